The fraction of sp³-hybridized carbons (Fsp3) is 0.867. The number of hydrogen-bond acceptors (Lipinski definition) is 6. The van der Waals surface area contributed by atoms with Gasteiger partial charge in [-0.15, -0.1) is 0 Å². The average Bonchev–Trinajstić information content (AvgIpc) is 2.51. The summed E-state index contributed by atoms with van der Waals surface area (Å²) in [7, 11) is -2.27. The second kappa shape index (κ2) is 6.41. The van der Waals surface area contributed by atoms with E-state index in [9.17, 15) is 14.7 Å². The summed E-state index contributed by atoms with van der Waals surface area (Å²) in [6.07, 6.45) is -3.11. The minimum atomic E-state index is -2.27. The van der Waals surface area contributed by atoms with Gasteiger partial charge in [-0.3, -0.25) is 0 Å². The first kappa shape index (κ1) is 19.9. The van der Waals surface area contributed by atoms with E-state index < -0.39 is 44.4 Å². The van der Waals surface area contributed by atoms with Crippen molar-refractivity contribution in [2.45, 2.75) is 83.7 Å². The molecule has 0 bridgehead atoms. The van der Waals surface area contributed by atoms with E-state index in [4.69, 9.17) is 13.9 Å². The van der Waals surface area contributed by atoms with Crippen LogP contribution in [0.25, 0.3) is 0 Å². The molecule has 7 nitrogen and oxygen atoms in total. The van der Waals surface area contributed by atoms with Crippen LogP contribution in [0.2, 0.25) is 18.1 Å². The Morgan fingerprint density at radius 3 is 2.17 bits per heavy atom. The van der Waals surface area contributed by atoms with Gasteiger partial charge in [0.05, 0.1) is 0 Å². The average molecular weight is 347 g/mol. The first-order valence-electron chi connectivity index (χ1n) is 7.70. The Morgan fingerprint density at radius 1 is 1.22 bits per heavy atom. The topological polar surface area (TPSA) is 94.1 Å². The number of aliphatic hydroxyl groups excluding tert-OH is 1. The van der Waals surface area contributed by atoms with Crippen LogP contribution in [0.4, 0.5) is 4.79 Å². The first-order chi connectivity index (χ1) is 10.1. The maximum Gasteiger partial charge on any atom is 0.408 e. The van der Waals surface area contributed by atoms with E-state index in [1.165, 1.54) is 0 Å². The number of hydrogen-bond donors (Lipinski definition) is 2. The van der Waals surface area contributed by atoms with Crippen molar-refractivity contribution in [2.75, 3.05) is 0 Å². The van der Waals surface area contributed by atoms with E-state index in [2.05, 4.69) is 5.32 Å². The number of aliphatic hydroxyl groups is 1. The number of rotatable bonds is 3. The van der Waals surface area contributed by atoms with Crippen LogP contribution in [0.1, 0.15) is 41.5 Å². The lowest BCUT2D eigenvalue weighted by Crippen LogP contribution is -2.54. The van der Waals surface area contributed by atoms with Gasteiger partial charge in [0.2, 0.25) is 6.29 Å². The maximum absolute atomic E-state index is 11.9. The minimum Gasteiger partial charge on any atom is -0.444 e. The molecule has 0 aliphatic carbocycles. The highest BCUT2D eigenvalue weighted by Crippen LogP contribution is 2.38. The molecule has 1 rings (SSSR count). The van der Waals surface area contributed by atoms with Crippen LogP contribution in [0.15, 0.2) is 0 Å². The molecule has 0 aromatic rings. The number of carbonyl (C=O) groups is 2. The monoisotopic (exact) mass is 347 g/mol. The highest BCUT2D eigenvalue weighted by molar-refractivity contribution is 6.74. The zero-order chi connectivity index (χ0) is 18.2. The number of carbonyl (C=O) groups excluding carboxylic acids is 2. The predicted octanol–water partition coefficient (Wildman–Crippen LogP) is 2.15. The number of amides is 1. The number of cyclic esters (lactones) is 1. The van der Waals surface area contributed by atoms with Gasteiger partial charge >= 0.3 is 12.1 Å². The molecule has 1 aliphatic rings. The summed E-state index contributed by atoms with van der Waals surface area (Å²) < 4.78 is 16.0. The van der Waals surface area contributed by atoms with Gasteiger partial charge in [-0.1, -0.05) is 20.8 Å². The molecule has 1 fully saturated rings. The van der Waals surface area contributed by atoms with Crippen LogP contribution < -0.4 is 5.32 Å². The molecule has 1 saturated heterocycles. The Kier molecular flexibility index (Phi) is 5.55. The summed E-state index contributed by atoms with van der Waals surface area (Å²) in [5.41, 5.74) is -0.693. The molecule has 8 heteroatoms. The fourth-order valence-corrected chi connectivity index (χ4v) is 3.06. The Bertz CT molecular complexity index is 466. The summed E-state index contributed by atoms with van der Waals surface area (Å²) in [6, 6.07) is -1.09. The summed E-state index contributed by atoms with van der Waals surface area (Å²) in [6.45, 7) is 15.3. The maximum atomic E-state index is 11.9. The van der Waals surface area contributed by atoms with Gasteiger partial charge in [0, 0.05) is 0 Å². The van der Waals surface area contributed by atoms with Crippen molar-refractivity contribution in [3.05, 3.63) is 0 Å². The van der Waals surface area contributed by atoms with Crippen molar-refractivity contribution in [2.24, 2.45) is 0 Å². The number of ether oxygens (including phenoxy) is 2. The van der Waals surface area contributed by atoms with Gasteiger partial charge in [0.25, 0.3) is 0 Å². The van der Waals surface area contributed by atoms with E-state index in [1.54, 1.807) is 20.8 Å². The Labute approximate surface area is 138 Å². The standard InChI is InChI=1S/C15H29NO6Si/c1-14(2,3)21-13(19)16-9-10(12(18)20-11(9)17)22-23(7,8)15(4,5)6/h9-10,12,18H,1-8H3,(H,16,19)/t9-,10+,12?/m0/s1. The fourth-order valence-electron chi connectivity index (χ4n) is 1.78. The molecule has 134 valence electrons. The highest BCUT2D eigenvalue weighted by atomic mass is 28.4. The Balaban J connectivity index is 2.88. The van der Waals surface area contributed by atoms with Gasteiger partial charge < -0.3 is 24.3 Å². The van der Waals surface area contributed by atoms with Crippen LogP contribution in [0, 0.1) is 0 Å². The lowest BCUT2D eigenvalue weighted by molar-refractivity contribution is -0.158. The molecular weight excluding hydrogens is 318 g/mol. The van der Waals surface area contributed by atoms with Gasteiger partial charge in [-0.2, -0.15) is 0 Å². The van der Waals surface area contributed by atoms with E-state index in [0.717, 1.165) is 0 Å². The van der Waals surface area contributed by atoms with Crippen LogP contribution in [0.5, 0.6) is 0 Å². The lowest BCUT2D eigenvalue weighted by atomic mass is 10.2. The molecule has 3 atom stereocenters. The summed E-state index contributed by atoms with van der Waals surface area (Å²) in [5.74, 6) is -0.730. The highest BCUT2D eigenvalue weighted by Gasteiger charge is 2.51. The summed E-state index contributed by atoms with van der Waals surface area (Å²) in [4.78, 5) is 23.8. The van der Waals surface area contributed by atoms with Crippen molar-refractivity contribution in [3.8, 4) is 0 Å². The van der Waals surface area contributed by atoms with E-state index in [-0.39, 0.29) is 5.04 Å². The summed E-state index contributed by atoms with van der Waals surface area (Å²) >= 11 is 0. The third-order valence-electron chi connectivity index (χ3n) is 4.01. The molecule has 23 heavy (non-hydrogen) atoms. The van der Waals surface area contributed by atoms with Gasteiger partial charge in [0.1, 0.15) is 11.7 Å². The van der Waals surface area contributed by atoms with E-state index in [0.29, 0.717) is 0 Å². The molecular formula is C15H29NO6Si. The smallest absolute Gasteiger partial charge is 0.408 e. The normalized spacial score (nSPS) is 26.0. The molecule has 2 N–H and O–H groups in total. The quantitative estimate of drug-likeness (QED) is 0.600. The van der Waals surface area contributed by atoms with Crippen molar-refractivity contribution in [1.82, 2.24) is 5.32 Å². The summed E-state index contributed by atoms with van der Waals surface area (Å²) in [5, 5.41) is 12.3. The van der Waals surface area contributed by atoms with Crippen LogP contribution in [0.3, 0.4) is 0 Å². The van der Waals surface area contributed by atoms with Crippen molar-refractivity contribution in [3.63, 3.8) is 0 Å². The van der Waals surface area contributed by atoms with Crippen LogP contribution in [-0.4, -0.2) is 49.5 Å². The first-order valence-corrected chi connectivity index (χ1v) is 10.6. The number of alkyl carbamates (subject to hydrolysis) is 1. The third kappa shape index (κ3) is 5.19. The Morgan fingerprint density at radius 2 is 1.74 bits per heavy atom. The van der Waals surface area contributed by atoms with E-state index >= 15 is 0 Å². The second-order valence-electron chi connectivity index (χ2n) is 8.29. The zero-order valence-corrected chi connectivity index (χ0v) is 16.2. The molecule has 1 aliphatic heterocycles. The number of esters is 1. The Hall–Kier alpha value is -1.12. The molecule has 0 aromatic heterocycles. The molecule has 0 saturated carbocycles. The molecule has 0 aromatic carbocycles. The molecule has 1 heterocycles. The van der Waals surface area contributed by atoms with Gasteiger partial charge in [-0.05, 0) is 38.9 Å². The second-order valence-corrected chi connectivity index (χ2v) is 13.1. The molecule has 0 radical (unpaired) electrons. The molecule has 1 unspecified atom stereocenters. The predicted molar refractivity (Wildman–Crippen MR) is 87.3 cm³/mol. The lowest BCUT2D eigenvalue weighted by Gasteiger charge is -2.39. The zero-order valence-electron chi connectivity index (χ0n) is 15.2. The van der Waals surface area contributed by atoms with Crippen LogP contribution in [-0.2, 0) is 18.7 Å². The third-order valence-corrected chi connectivity index (χ3v) is 8.48. The van der Waals surface area contributed by atoms with E-state index in [1.807, 2.05) is 33.9 Å². The minimum absolute atomic E-state index is 0.116. The van der Waals surface area contributed by atoms with Gasteiger partial charge in [-0.25, -0.2) is 9.59 Å². The van der Waals surface area contributed by atoms with Crippen molar-refractivity contribution >= 4 is 20.4 Å². The molecule has 0 spiro atoms. The van der Waals surface area contributed by atoms with Crippen LogP contribution >= 0.6 is 0 Å². The van der Waals surface area contributed by atoms with Crippen molar-refractivity contribution < 1.29 is 28.6 Å². The van der Waals surface area contributed by atoms with Gasteiger partial charge in [0.15, 0.2) is 14.4 Å². The van der Waals surface area contributed by atoms with Crippen molar-refractivity contribution in [1.29, 1.82) is 0 Å². The molecule has 1 amide bonds. The largest absolute Gasteiger partial charge is 0.444 e. The SMILES string of the molecule is CC(C)(C)OC(=O)N[C@@H]1C(=O)OC(O)[C@@H]1O[Si](C)(C)C(C)(C)C. The number of nitrogens with one attached hydrogen (secondary N) is 1.